The van der Waals surface area contributed by atoms with Crippen molar-refractivity contribution in [2.24, 2.45) is 0 Å². The second-order valence-corrected chi connectivity index (χ2v) is 9.25. The molecule has 2 aromatic carbocycles. The average molecular weight is 459 g/mol. The molecule has 1 unspecified atom stereocenters. The summed E-state index contributed by atoms with van der Waals surface area (Å²) in [5, 5.41) is 0.660. The van der Waals surface area contributed by atoms with Crippen molar-refractivity contribution in [2.45, 2.75) is 45.2 Å². The Bertz CT molecular complexity index is 936. The maximum atomic E-state index is 6.24. The third-order valence-corrected chi connectivity index (χ3v) is 7.44. The van der Waals surface area contributed by atoms with Crippen molar-refractivity contribution in [1.82, 2.24) is 4.90 Å². The van der Waals surface area contributed by atoms with Gasteiger partial charge in [0.15, 0.2) is 0 Å². The Labute approximate surface area is 197 Å². The molecule has 174 valence electrons. The molecule has 6 heteroatoms. The zero-order valence-electron chi connectivity index (χ0n) is 19.7. The van der Waals surface area contributed by atoms with E-state index in [1.54, 1.807) is 14.2 Å². The first kappa shape index (κ1) is 23.2. The van der Waals surface area contributed by atoms with Gasteiger partial charge in [0, 0.05) is 50.6 Å². The molecule has 2 saturated heterocycles. The van der Waals surface area contributed by atoms with Gasteiger partial charge in [-0.3, -0.25) is 4.90 Å². The molecule has 0 bridgehead atoms. The quantitative estimate of drug-likeness (QED) is 0.518. The van der Waals surface area contributed by atoms with E-state index in [0.717, 1.165) is 31.1 Å². The molecule has 2 fully saturated rings. The summed E-state index contributed by atoms with van der Waals surface area (Å²) in [5.41, 5.74) is 5.24. The van der Waals surface area contributed by atoms with Gasteiger partial charge in [0.1, 0.15) is 18.1 Å². The zero-order valence-corrected chi connectivity index (χ0v) is 20.5. The van der Waals surface area contributed by atoms with Crippen molar-refractivity contribution in [1.29, 1.82) is 0 Å². The molecule has 32 heavy (non-hydrogen) atoms. The fourth-order valence-corrected chi connectivity index (χ4v) is 5.43. The maximum Gasteiger partial charge on any atom is 0.139 e. The average Bonchev–Trinajstić information content (AvgIpc) is 2.82. The molecular weight excluding hydrogens is 424 g/mol. The highest BCUT2D eigenvalue weighted by atomic mass is 35.5. The number of hydrogen-bond donors (Lipinski definition) is 0. The summed E-state index contributed by atoms with van der Waals surface area (Å²) < 4.78 is 16.5. The van der Waals surface area contributed by atoms with Crippen molar-refractivity contribution in [3.8, 4) is 11.5 Å². The van der Waals surface area contributed by atoms with E-state index < -0.39 is 0 Å². The number of fused-ring (bicyclic) bond motifs is 1. The summed E-state index contributed by atoms with van der Waals surface area (Å²) in [4.78, 5) is 5.22. The second-order valence-electron chi connectivity index (χ2n) is 8.85. The molecule has 0 amide bonds. The normalized spacial score (nSPS) is 21.3. The Morgan fingerprint density at radius 1 is 0.969 bits per heavy atom. The lowest BCUT2D eigenvalue weighted by molar-refractivity contribution is 0.0712. The highest BCUT2D eigenvalue weighted by Crippen LogP contribution is 2.40. The number of benzene rings is 2. The number of ether oxygens (including phenoxy) is 3. The van der Waals surface area contributed by atoms with E-state index in [2.05, 4.69) is 47.9 Å². The molecule has 2 aromatic rings. The molecule has 2 heterocycles. The van der Waals surface area contributed by atoms with Gasteiger partial charge in [0.05, 0.1) is 18.7 Å². The number of piperidine rings is 1. The molecule has 0 saturated carbocycles. The van der Waals surface area contributed by atoms with Gasteiger partial charge in [-0.25, -0.2) is 0 Å². The van der Waals surface area contributed by atoms with Crippen LogP contribution in [0.1, 0.15) is 42.0 Å². The Morgan fingerprint density at radius 2 is 1.81 bits per heavy atom. The predicted octanol–water partition coefficient (Wildman–Crippen LogP) is 5.41. The van der Waals surface area contributed by atoms with Crippen molar-refractivity contribution in [3.63, 3.8) is 0 Å². The van der Waals surface area contributed by atoms with Crippen LogP contribution in [0.3, 0.4) is 0 Å². The Kier molecular flexibility index (Phi) is 7.49. The minimum atomic E-state index is 0.474. The molecule has 0 aromatic heterocycles. The molecule has 2 aliphatic rings. The first-order valence-corrected chi connectivity index (χ1v) is 12.0. The van der Waals surface area contributed by atoms with Gasteiger partial charge in [-0.2, -0.15) is 0 Å². The number of piperazine rings is 1. The van der Waals surface area contributed by atoms with E-state index in [0.29, 0.717) is 30.3 Å². The van der Waals surface area contributed by atoms with Crippen molar-refractivity contribution < 1.29 is 14.2 Å². The Morgan fingerprint density at radius 3 is 2.59 bits per heavy atom. The van der Waals surface area contributed by atoms with Gasteiger partial charge < -0.3 is 19.1 Å². The standard InChI is InChI=1S/C26H35ClN2O3/c1-18-19(2)25(32-15-14-30-3)11-9-22(18)24-7-5-6-21-17-28(12-13-29(21)24)20-8-10-23(27)26(16-20)31-4/h8-11,16,21,24H,5-7,12-15,17H2,1-4H3/t21?,24-/m1/s1. The Hall–Kier alpha value is -1.95. The SMILES string of the molecule is COCCOc1ccc([C@H]2CCCC3CN(c4ccc(Cl)c(OC)c4)CCN32)c(C)c1C. The van der Waals surface area contributed by atoms with E-state index in [9.17, 15) is 0 Å². The van der Waals surface area contributed by atoms with Gasteiger partial charge >= 0.3 is 0 Å². The molecule has 5 nitrogen and oxygen atoms in total. The van der Waals surface area contributed by atoms with Crippen molar-refractivity contribution in [2.75, 3.05) is 52.0 Å². The molecule has 0 spiro atoms. The third kappa shape index (κ3) is 4.70. The van der Waals surface area contributed by atoms with Gasteiger partial charge in [-0.05, 0) is 68.0 Å². The van der Waals surface area contributed by atoms with Crippen LogP contribution in [0.25, 0.3) is 0 Å². The molecular formula is C26H35ClN2O3. The Balaban J connectivity index is 1.50. The molecule has 2 aliphatic heterocycles. The van der Waals surface area contributed by atoms with Gasteiger partial charge in [-0.1, -0.05) is 17.7 Å². The number of halogens is 1. The van der Waals surface area contributed by atoms with Crippen LogP contribution in [0.4, 0.5) is 5.69 Å². The topological polar surface area (TPSA) is 34.2 Å². The number of anilines is 1. The van der Waals surface area contributed by atoms with Crippen LogP contribution in [0.5, 0.6) is 11.5 Å². The molecule has 0 radical (unpaired) electrons. The second kappa shape index (κ2) is 10.3. The number of rotatable bonds is 7. The molecule has 2 atom stereocenters. The summed E-state index contributed by atoms with van der Waals surface area (Å²) >= 11 is 6.24. The first-order valence-electron chi connectivity index (χ1n) is 11.6. The van der Waals surface area contributed by atoms with Crippen LogP contribution in [-0.2, 0) is 4.74 Å². The summed E-state index contributed by atoms with van der Waals surface area (Å²) in [7, 11) is 3.38. The van der Waals surface area contributed by atoms with Crippen LogP contribution >= 0.6 is 11.6 Å². The molecule has 4 rings (SSSR count). The smallest absolute Gasteiger partial charge is 0.139 e. The van der Waals surface area contributed by atoms with Crippen molar-refractivity contribution in [3.05, 3.63) is 52.0 Å². The van der Waals surface area contributed by atoms with E-state index in [1.807, 2.05) is 6.07 Å². The first-order chi connectivity index (χ1) is 15.5. The highest BCUT2D eigenvalue weighted by molar-refractivity contribution is 6.32. The zero-order chi connectivity index (χ0) is 22.7. The fraction of sp³-hybridized carbons (Fsp3) is 0.538. The van der Waals surface area contributed by atoms with E-state index in [1.165, 1.54) is 41.6 Å². The van der Waals surface area contributed by atoms with E-state index in [4.69, 9.17) is 25.8 Å². The lowest BCUT2D eigenvalue weighted by atomic mass is 9.86. The van der Waals surface area contributed by atoms with Crippen molar-refractivity contribution >= 4 is 17.3 Å². The summed E-state index contributed by atoms with van der Waals surface area (Å²) in [6.45, 7) is 8.71. The van der Waals surface area contributed by atoms with Gasteiger partial charge in [0.2, 0.25) is 0 Å². The minimum absolute atomic E-state index is 0.474. The monoisotopic (exact) mass is 458 g/mol. The largest absolute Gasteiger partial charge is 0.495 e. The number of hydrogen-bond acceptors (Lipinski definition) is 5. The van der Waals surface area contributed by atoms with E-state index in [-0.39, 0.29) is 0 Å². The number of methoxy groups -OCH3 is 2. The minimum Gasteiger partial charge on any atom is -0.495 e. The fourth-order valence-electron chi connectivity index (χ4n) is 5.23. The lowest BCUT2D eigenvalue weighted by Gasteiger charge is -2.49. The highest BCUT2D eigenvalue weighted by Gasteiger charge is 2.36. The van der Waals surface area contributed by atoms with Gasteiger partial charge in [-0.15, -0.1) is 0 Å². The third-order valence-electron chi connectivity index (χ3n) is 7.13. The van der Waals surface area contributed by atoms with E-state index >= 15 is 0 Å². The lowest BCUT2D eigenvalue weighted by Crippen LogP contribution is -2.56. The summed E-state index contributed by atoms with van der Waals surface area (Å²) in [6, 6.07) is 11.6. The molecule has 0 N–H and O–H groups in total. The van der Waals surface area contributed by atoms with Crippen LogP contribution in [-0.4, -0.2) is 58.0 Å². The van der Waals surface area contributed by atoms with Crippen LogP contribution in [0.2, 0.25) is 5.02 Å². The number of nitrogens with zero attached hydrogens (tertiary/aromatic N) is 2. The maximum absolute atomic E-state index is 6.24. The summed E-state index contributed by atoms with van der Waals surface area (Å²) in [6.07, 6.45) is 3.72. The van der Waals surface area contributed by atoms with Crippen LogP contribution in [0.15, 0.2) is 30.3 Å². The predicted molar refractivity (Wildman–Crippen MR) is 131 cm³/mol. The van der Waals surface area contributed by atoms with Crippen LogP contribution < -0.4 is 14.4 Å². The van der Waals surface area contributed by atoms with Gasteiger partial charge in [0.25, 0.3) is 0 Å². The van der Waals surface area contributed by atoms with Crippen LogP contribution in [0, 0.1) is 13.8 Å². The molecule has 0 aliphatic carbocycles. The summed E-state index contributed by atoms with van der Waals surface area (Å²) in [5.74, 6) is 1.71.